The second-order valence-electron chi connectivity index (χ2n) is 3.62. The van der Waals surface area contributed by atoms with Crippen molar-refractivity contribution >= 4 is 47.3 Å². The Hall–Kier alpha value is -0.630. The quantitative estimate of drug-likeness (QED) is 0.761. The molecule has 9 heteroatoms. The van der Waals surface area contributed by atoms with Gasteiger partial charge in [0.15, 0.2) is 5.82 Å². The molecule has 0 atom stereocenters. The molecule has 5 nitrogen and oxygen atoms in total. The van der Waals surface area contributed by atoms with Crippen LogP contribution in [0.15, 0.2) is 27.8 Å². The first-order valence-corrected chi connectivity index (χ1v) is 8.66. The van der Waals surface area contributed by atoms with Gasteiger partial charge in [-0.25, -0.2) is 8.42 Å². The van der Waals surface area contributed by atoms with E-state index in [1.807, 2.05) is 0 Å². The number of halogens is 3. The smallest absolute Gasteiger partial charge is 0.296 e. The van der Waals surface area contributed by atoms with E-state index in [4.69, 9.17) is 22.3 Å². The molecule has 0 radical (unpaired) electrons. The van der Waals surface area contributed by atoms with E-state index in [-0.39, 0.29) is 5.16 Å². The second kappa shape index (κ2) is 5.40. The Balaban J connectivity index is 2.63. The molecule has 0 fully saturated rings. The molecule has 102 valence electrons. The number of hydrogen-bond acceptors (Lipinski definition) is 4. The van der Waals surface area contributed by atoms with Crippen LogP contribution in [0.5, 0.6) is 0 Å². The molecule has 0 aliphatic carbocycles. The standard InChI is InChI=1S/C10H8BrCl2N3O2S/c1-2-16-9(14-15-10(16)19(13,17)18)6-3-4-8(12)7(11)5-6/h3-5H,2H2,1H3. The van der Waals surface area contributed by atoms with E-state index in [2.05, 4.69) is 26.1 Å². The third-order valence-electron chi connectivity index (χ3n) is 2.43. The molecule has 0 aliphatic rings. The summed E-state index contributed by atoms with van der Waals surface area (Å²) >= 11 is 9.22. The number of hydrogen-bond donors (Lipinski definition) is 0. The number of rotatable bonds is 3. The predicted molar refractivity (Wildman–Crippen MR) is 76.9 cm³/mol. The summed E-state index contributed by atoms with van der Waals surface area (Å²) in [5.74, 6) is 0.416. The van der Waals surface area contributed by atoms with Gasteiger partial charge >= 0.3 is 0 Å². The molecule has 0 amide bonds. The van der Waals surface area contributed by atoms with E-state index in [1.54, 1.807) is 25.1 Å². The summed E-state index contributed by atoms with van der Waals surface area (Å²) in [6, 6.07) is 5.15. The Labute approximate surface area is 128 Å². The first-order chi connectivity index (χ1) is 8.84. The van der Waals surface area contributed by atoms with Crippen LogP contribution in [0.1, 0.15) is 6.92 Å². The highest BCUT2D eigenvalue weighted by molar-refractivity contribution is 9.10. The van der Waals surface area contributed by atoms with Crippen molar-refractivity contribution in [1.29, 1.82) is 0 Å². The highest BCUT2D eigenvalue weighted by atomic mass is 79.9. The largest absolute Gasteiger partial charge is 0.297 e. The number of aromatic nitrogens is 3. The lowest BCUT2D eigenvalue weighted by atomic mass is 10.2. The average molecular weight is 385 g/mol. The molecule has 0 N–H and O–H groups in total. The maximum absolute atomic E-state index is 11.4. The summed E-state index contributed by atoms with van der Waals surface area (Å²) in [7, 11) is 1.39. The zero-order chi connectivity index (χ0) is 14.2. The molecular formula is C10H8BrCl2N3O2S. The van der Waals surface area contributed by atoms with Gasteiger partial charge < -0.3 is 0 Å². The Morgan fingerprint density at radius 1 is 1.37 bits per heavy atom. The molecule has 1 aromatic carbocycles. The van der Waals surface area contributed by atoms with Crippen molar-refractivity contribution in [1.82, 2.24) is 14.8 Å². The first kappa shape index (κ1) is 14.8. The molecule has 2 aromatic rings. The molecule has 0 saturated heterocycles. The van der Waals surface area contributed by atoms with Crippen molar-refractivity contribution in [3.05, 3.63) is 27.7 Å². The third kappa shape index (κ3) is 2.94. The van der Waals surface area contributed by atoms with E-state index >= 15 is 0 Å². The van der Waals surface area contributed by atoms with Gasteiger partial charge in [0.2, 0.25) is 0 Å². The van der Waals surface area contributed by atoms with E-state index < -0.39 is 9.05 Å². The minimum absolute atomic E-state index is 0.266. The van der Waals surface area contributed by atoms with Gasteiger partial charge in [-0.3, -0.25) is 4.57 Å². The molecular weight excluding hydrogens is 377 g/mol. The Morgan fingerprint density at radius 2 is 2.05 bits per heavy atom. The lowest BCUT2D eigenvalue weighted by Gasteiger charge is -2.06. The summed E-state index contributed by atoms with van der Waals surface area (Å²) in [5, 5.41) is 7.80. The molecule has 0 aliphatic heterocycles. The van der Waals surface area contributed by atoms with Crippen molar-refractivity contribution < 1.29 is 8.42 Å². The van der Waals surface area contributed by atoms with Gasteiger partial charge in [0.05, 0.1) is 5.02 Å². The molecule has 2 rings (SSSR count). The van der Waals surface area contributed by atoms with Gasteiger partial charge in [0.1, 0.15) is 0 Å². The molecule has 1 aromatic heterocycles. The topological polar surface area (TPSA) is 64.8 Å². The molecule has 1 heterocycles. The monoisotopic (exact) mass is 383 g/mol. The maximum atomic E-state index is 11.4. The molecule has 19 heavy (non-hydrogen) atoms. The van der Waals surface area contributed by atoms with Crippen LogP contribution in [0, 0.1) is 0 Å². The maximum Gasteiger partial charge on any atom is 0.296 e. The lowest BCUT2D eigenvalue weighted by Crippen LogP contribution is -2.06. The second-order valence-corrected chi connectivity index (χ2v) is 7.34. The predicted octanol–water partition coefficient (Wildman–Crippen LogP) is 3.31. The lowest BCUT2D eigenvalue weighted by molar-refractivity contribution is 0.583. The van der Waals surface area contributed by atoms with Crippen LogP contribution >= 0.6 is 38.2 Å². The van der Waals surface area contributed by atoms with Gasteiger partial charge in [-0.1, -0.05) is 11.6 Å². The summed E-state index contributed by atoms with van der Waals surface area (Å²) in [6.07, 6.45) is 0. The van der Waals surface area contributed by atoms with Crippen molar-refractivity contribution in [2.75, 3.05) is 0 Å². The van der Waals surface area contributed by atoms with Crippen molar-refractivity contribution in [2.45, 2.75) is 18.6 Å². The number of benzene rings is 1. The van der Waals surface area contributed by atoms with E-state index in [9.17, 15) is 8.42 Å². The fourth-order valence-electron chi connectivity index (χ4n) is 1.60. The van der Waals surface area contributed by atoms with Crippen LogP contribution in [-0.4, -0.2) is 23.2 Å². The van der Waals surface area contributed by atoms with Gasteiger partial charge in [-0.15, -0.1) is 10.2 Å². The molecule has 0 saturated carbocycles. The summed E-state index contributed by atoms with van der Waals surface area (Å²) < 4.78 is 24.9. The van der Waals surface area contributed by atoms with Crippen molar-refractivity contribution in [3.63, 3.8) is 0 Å². The van der Waals surface area contributed by atoms with Crippen molar-refractivity contribution in [3.8, 4) is 11.4 Å². The zero-order valence-electron chi connectivity index (χ0n) is 9.64. The summed E-state index contributed by atoms with van der Waals surface area (Å²) in [4.78, 5) is 0. The third-order valence-corrected chi connectivity index (χ3v) is 4.80. The Morgan fingerprint density at radius 3 is 2.58 bits per heavy atom. The molecule has 0 unspecified atom stereocenters. The van der Waals surface area contributed by atoms with Crippen molar-refractivity contribution in [2.24, 2.45) is 0 Å². The zero-order valence-corrected chi connectivity index (χ0v) is 13.6. The highest BCUT2D eigenvalue weighted by Crippen LogP contribution is 2.29. The van der Waals surface area contributed by atoms with Gasteiger partial charge in [-0.2, -0.15) is 0 Å². The Kier molecular flexibility index (Phi) is 4.20. The van der Waals surface area contributed by atoms with E-state index in [0.717, 1.165) is 0 Å². The summed E-state index contributed by atoms with van der Waals surface area (Å²) in [5.41, 5.74) is 0.692. The number of nitrogens with zero attached hydrogens (tertiary/aromatic N) is 3. The van der Waals surface area contributed by atoms with Crippen LogP contribution in [0.4, 0.5) is 0 Å². The van der Waals surface area contributed by atoms with Gasteiger partial charge in [0, 0.05) is 27.3 Å². The van der Waals surface area contributed by atoms with E-state index in [1.165, 1.54) is 4.57 Å². The van der Waals surface area contributed by atoms with Crippen LogP contribution in [0.25, 0.3) is 11.4 Å². The fraction of sp³-hybridized carbons (Fsp3) is 0.200. The van der Waals surface area contributed by atoms with Crippen LogP contribution < -0.4 is 0 Å². The first-order valence-electron chi connectivity index (χ1n) is 5.18. The highest BCUT2D eigenvalue weighted by Gasteiger charge is 2.22. The SMILES string of the molecule is CCn1c(-c2ccc(Cl)c(Br)c2)nnc1S(=O)(=O)Cl. The van der Waals surface area contributed by atoms with Gasteiger partial charge in [-0.05, 0) is 41.1 Å². The normalized spacial score (nSPS) is 11.8. The van der Waals surface area contributed by atoms with Crippen LogP contribution in [-0.2, 0) is 15.6 Å². The van der Waals surface area contributed by atoms with E-state index in [0.29, 0.717) is 27.4 Å². The molecule has 0 spiro atoms. The average Bonchev–Trinajstić information content (AvgIpc) is 2.76. The minimum atomic E-state index is -3.93. The fourth-order valence-corrected chi connectivity index (χ4v) is 3.06. The van der Waals surface area contributed by atoms with Crippen LogP contribution in [0.3, 0.4) is 0 Å². The minimum Gasteiger partial charge on any atom is -0.297 e. The Bertz CT molecular complexity index is 730. The summed E-state index contributed by atoms with van der Waals surface area (Å²) in [6.45, 7) is 2.16. The molecule has 0 bridgehead atoms. The van der Waals surface area contributed by atoms with Gasteiger partial charge in [0.25, 0.3) is 14.2 Å². The van der Waals surface area contributed by atoms with Crippen LogP contribution in [0.2, 0.25) is 5.02 Å².